The molecule has 132 valence electrons. The van der Waals surface area contributed by atoms with Crippen LogP contribution in [0.2, 0.25) is 0 Å². The number of Topliss-reactive ketones (excluding diaryl/α,β-unsaturated/α-hetero) is 2. The zero-order chi connectivity index (χ0) is 17.3. The van der Waals surface area contributed by atoms with Crippen molar-refractivity contribution < 1.29 is 9.59 Å². The van der Waals surface area contributed by atoms with Gasteiger partial charge in [0.15, 0.2) is 0 Å². The molecule has 0 aromatic rings. The molecule has 2 nitrogen and oxygen atoms in total. The third-order valence-corrected chi connectivity index (χ3v) is 8.99. The number of fused-ring (bicyclic) bond motifs is 5. The van der Waals surface area contributed by atoms with Crippen molar-refractivity contribution in [2.24, 2.45) is 34.0 Å². The Kier molecular flexibility index (Phi) is 3.48. The average Bonchev–Trinajstić information content (AvgIpc) is 2.87. The second-order valence-corrected chi connectivity index (χ2v) is 9.96. The molecule has 0 spiro atoms. The maximum atomic E-state index is 12.2. The van der Waals surface area contributed by atoms with E-state index in [-0.39, 0.29) is 16.7 Å². The summed E-state index contributed by atoms with van der Waals surface area (Å²) in [5, 5.41) is 0. The zero-order valence-corrected chi connectivity index (χ0v) is 15.8. The lowest BCUT2D eigenvalue weighted by atomic mass is 9.41. The van der Waals surface area contributed by atoms with Crippen molar-refractivity contribution in [1.29, 1.82) is 0 Å². The summed E-state index contributed by atoms with van der Waals surface area (Å²) in [6.07, 6.45) is 10.8. The van der Waals surface area contributed by atoms with Crippen molar-refractivity contribution in [3.8, 4) is 0 Å². The highest BCUT2D eigenvalue weighted by molar-refractivity contribution is 5.83. The molecule has 0 amide bonds. The van der Waals surface area contributed by atoms with Crippen molar-refractivity contribution in [2.45, 2.75) is 79.1 Å². The molecule has 0 aromatic carbocycles. The van der Waals surface area contributed by atoms with Gasteiger partial charge in [0.1, 0.15) is 11.6 Å². The quantitative estimate of drug-likeness (QED) is 0.627. The van der Waals surface area contributed by atoms with E-state index in [4.69, 9.17) is 0 Å². The molecule has 0 radical (unpaired) electrons. The van der Waals surface area contributed by atoms with Gasteiger partial charge in [-0.1, -0.05) is 32.4 Å². The first-order valence-corrected chi connectivity index (χ1v) is 9.93. The van der Waals surface area contributed by atoms with Gasteiger partial charge >= 0.3 is 0 Å². The second-order valence-electron chi connectivity index (χ2n) is 9.96. The van der Waals surface area contributed by atoms with E-state index in [1.165, 1.54) is 24.8 Å². The second kappa shape index (κ2) is 5.05. The molecule has 0 heterocycles. The van der Waals surface area contributed by atoms with Gasteiger partial charge in [-0.15, -0.1) is 0 Å². The molecule has 3 saturated carbocycles. The van der Waals surface area contributed by atoms with Crippen molar-refractivity contribution in [3.63, 3.8) is 0 Å². The van der Waals surface area contributed by atoms with Gasteiger partial charge in [-0.05, 0) is 73.5 Å². The molecule has 3 fully saturated rings. The molecule has 4 aliphatic carbocycles. The Balaban J connectivity index is 1.74. The highest BCUT2D eigenvalue weighted by atomic mass is 16.1. The topological polar surface area (TPSA) is 34.1 Å². The van der Waals surface area contributed by atoms with Crippen LogP contribution in [0, 0.1) is 34.0 Å². The van der Waals surface area contributed by atoms with Crippen LogP contribution >= 0.6 is 0 Å². The Morgan fingerprint density at radius 3 is 2.50 bits per heavy atom. The molecule has 4 aliphatic rings. The standard InChI is InChI=1S/C22H32O2/c1-14(23)17-5-6-18-21(17,3)12-9-19-20(2)11-8-16(24)13-15(20)7-10-22(18,19)4/h7,17-19H,5-6,8-13H2,1-4H3/t17-,18-,19-,20+,21-,22+/m1/s1. The van der Waals surface area contributed by atoms with Crippen LogP contribution in [0.15, 0.2) is 11.6 Å². The molecular formula is C22H32O2. The smallest absolute Gasteiger partial charge is 0.136 e. The van der Waals surface area contributed by atoms with Gasteiger partial charge in [0.25, 0.3) is 0 Å². The number of ketones is 2. The summed E-state index contributed by atoms with van der Waals surface area (Å²) in [5.41, 5.74) is 2.15. The Morgan fingerprint density at radius 2 is 1.79 bits per heavy atom. The fourth-order valence-electron chi connectivity index (χ4n) is 7.80. The molecule has 0 aromatic heterocycles. The van der Waals surface area contributed by atoms with Crippen LogP contribution in [0.1, 0.15) is 79.1 Å². The minimum absolute atomic E-state index is 0.198. The fraction of sp³-hybridized carbons (Fsp3) is 0.818. The summed E-state index contributed by atoms with van der Waals surface area (Å²) in [7, 11) is 0. The third kappa shape index (κ3) is 1.95. The largest absolute Gasteiger partial charge is 0.300 e. The molecule has 6 atom stereocenters. The summed E-state index contributed by atoms with van der Waals surface area (Å²) < 4.78 is 0. The summed E-state index contributed by atoms with van der Waals surface area (Å²) in [6, 6.07) is 0. The van der Waals surface area contributed by atoms with Gasteiger partial charge < -0.3 is 0 Å². The third-order valence-electron chi connectivity index (χ3n) is 8.99. The van der Waals surface area contributed by atoms with Crippen LogP contribution in [0.25, 0.3) is 0 Å². The van der Waals surface area contributed by atoms with Crippen molar-refractivity contribution in [2.75, 3.05) is 0 Å². The van der Waals surface area contributed by atoms with Gasteiger partial charge in [-0.2, -0.15) is 0 Å². The highest BCUT2D eigenvalue weighted by Gasteiger charge is 2.64. The number of rotatable bonds is 1. The summed E-state index contributed by atoms with van der Waals surface area (Å²) in [6.45, 7) is 9.16. The minimum Gasteiger partial charge on any atom is -0.300 e. The van der Waals surface area contributed by atoms with E-state index in [1.807, 2.05) is 0 Å². The van der Waals surface area contributed by atoms with E-state index in [0.29, 0.717) is 35.2 Å². The highest BCUT2D eigenvalue weighted by Crippen LogP contribution is 2.70. The Hall–Kier alpha value is -0.920. The van der Waals surface area contributed by atoms with Crippen molar-refractivity contribution >= 4 is 11.6 Å². The SMILES string of the molecule is CC(=O)[C@H]1CC[C@@H]2[C@]1(C)CC[C@H]1[C@@]2(C)CC=C2CC(=O)CC[C@@]21C. The molecule has 0 aliphatic heterocycles. The van der Waals surface area contributed by atoms with Crippen LogP contribution in [0.3, 0.4) is 0 Å². The first-order valence-electron chi connectivity index (χ1n) is 9.93. The van der Waals surface area contributed by atoms with Gasteiger partial charge in [0, 0.05) is 18.8 Å². The van der Waals surface area contributed by atoms with Crippen molar-refractivity contribution in [3.05, 3.63) is 11.6 Å². The summed E-state index contributed by atoms with van der Waals surface area (Å²) in [4.78, 5) is 24.2. The maximum Gasteiger partial charge on any atom is 0.136 e. The molecule has 0 saturated heterocycles. The molecule has 4 rings (SSSR count). The zero-order valence-electron chi connectivity index (χ0n) is 15.8. The maximum absolute atomic E-state index is 12.2. The lowest BCUT2D eigenvalue weighted by Gasteiger charge is -2.62. The van der Waals surface area contributed by atoms with Gasteiger partial charge in [0.05, 0.1) is 0 Å². The average molecular weight is 328 g/mol. The summed E-state index contributed by atoms with van der Waals surface area (Å²) >= 11 is 0. The monoisotopic (exact) mass is 328 g/mol. The fourth-order valence-corrected chi connectivity index (χ4v) is 7.80. The first kappa shape index (κ1) is 16.5. The predicted molar refractivity (Wildman–Crippen MR) is 95.5 cm³/mol. The van der Waals surface area contributed by atoms with E-state index >= 15 is 0 Å². The van der Waals surface area contributed by atoms with Crippen LogP contribution in [-0.2, 0) is 9.59 Å². The lowest BCUT2D eigenvalue weighted by Crippen LogP contribution is -2.56. The lowest BCUT2D eigenvalue weighted by molar-refractivity contribution is -0.136. The van der Waals surface area contributed by atoms with Crippen LogP contribution in [0.5, 0.6) is 0 Å². The number of carbonyl (C=O) groups excluding carboxylic acids is 2. The normalized spacial score (nSPS) is 50.6. The van der Waals surface area contributed by atoms with Gasteiger partial charge in [0.2, 0.25) is 0 Å². The van der Waals surface area contributed by atoms with E-state index in [0.717, 1.165) is 25.7 Å². The van der Waals surface area contributed by atoms with Crippen molar-refractivity contribution in [1.82, 2.24) is 0 Å². The molecule has 0 N–H and O–H groups in total. The number of carbonyl (C=O) groups is 2. The van der Waals surface area contributed by atoms with E-state index < -0.39 is 0 Å². The molecule has 2 heteroatoms. The molecule has 0 bridgehead atoms. The predicted octanol–water partition coefficient (Wildman–Crippen LogP) is 5.11. The Labute approximate surface area is 146 Å². The first-order chi connectivity index (χ1) is 11.2. The molecule has 24 heavy (non-hydrogen) atoms. The van der Waals surface area contributed by atoms with E-state index in [1.54, 1.807) is 6.92 Å². The summed E-state index contributed by atoms with van der Waals surface area (Å²) in [5.74, 6) is 2.45. The Morgan fingerprint density at radius 1 is 1.04 bits per heavy atom. The molecule has 0 unspecified atom stereocenters. The van der Waals surface area contributed by atoms with E-state index in [9.17, 15) is 9.59 Å². The van der Waals surface area contributed by atoms with Crippen LogP contribution in [0.4, 0.5) is 0 Å². The van der Waals surface area contributed by atoms with E-state index in [2.05, 4.69) is 26.8 Å². The minimum atomic E-state index is 0.198. The van der Waals surface area contributed by atoms with Crippen LogP contribution < -0.4 is 0 Å². The Bertz CT molecular complexity index is 632. The number of allylic oxidation sites excluding steroid dienone is 2. The number of hydrogen-bond acceptors (Lipinski definition) is 2. The van der Waals surface area contributed by atoms with Gasteiger partial charge in [-0.3, -0.25) is 9.59 Å². The van der Waals surface area contributed by atoms with Gasteiger partial charge in [-0.25, -0.2) is 0 Å². The van der Waals surface area contributed by atoms with Crippen LogP contribution in [-0.4, -0.2) is 11.6 Å². The molecular weight excluding hydrogens is 296 g/mol. The number of hydrogen-bond donors (Lipinski definition) is 0.